The molecule has 0 aromatic heterocycles. The first kappa shape index (κ1) is 14.3. The number of hydrogen-bond donors (Lipinski definition) is 0. The van der Waals surface area contributed by atoms with Crippen LogP contribution in [0.1, 0.15) is 40.5 Å². The van der Waals surface area contributed by atoms with E-state index in [1.54, 1.807) is 0 Å². The first-order chi connectivity index (χ1) is 9.29. The maximum atomic E-state index is 12.8. The molecule has 3 rings (SSSR count). The van der Waals surface area contributed by atoms with E-state index in [1.807, 2.05) is 0 Å². The highest BCUT2D eigenvalue weighted by Gasteiger charge is 2.71. The summed E-state index contributed by atoms with van der Waals surface area (Å²) in [6, 6.07) is 0. The fourth-order valence-electron chi connectivity index (χ4n) is 5.02. The number of rotatable bonds is 3. The molecule has 1 heterocycles. The first-order valence-electron chi connectivity index (χ1n) is 7.38. The van der Waals surface area contributed by atoms with Crippen LogP contribution in [0, 0.1) is 22.7 Å². The zero-order chi connectivity index (χ0) is 14.9. The van der Waals surface area contributed by atoms with Gasteiger partial charge in [-0.05, 0) is 26.7 Å². The van der Waals surface area contributed by atoms with Gasteiger partial charge < -0.3 is 0 Å². The minimum atomic E-state index is -0.126. The molecule has 3 aliphatic rings. The third kappa shape index (κ3) is 1.41. The van der Waals surface area contributed by atoms with E-state index in [0.717, 1.165) is 18.2 Å². The van der Waals surface area contributed by atoms with Gasteiger partial charge in [0.1, 0.15) is 0 Å². The van der Waals surface area contributed by atoms with Crippen LogP contribution in [0.5, 0.6) is 0 Å². The topological polar surface area (TPSA) is 37.4 Å². The lowest BCUT2D eigenvalue weighted by Crippen LogP contribution is -2.36. The summed E-state index contributed by atoms with van der Waals surface area (Å²) in [7, 11) is 0. The van der Waals surface area contributed by atoms with E-state index < -0.39 is 0 Å². The van der Waals surface area contributed by atoms with Gasteiger partial charge in [-0.2, -0.15) is 0 Å². The lowest BCUT2D eigenvalue weighted by atomic mass is 9.66. The van der Waals surface area contributed by atoms with Crippen molar-refractivity contribution in [2.45, 2.75) is 40.5 Å². The molecule has 1 saturated heterocycles. The molecule has 2 aliphatic carbocycles. The monoisotopic (exact) mass is 339 g/mol. The van der Waals surface area contributed by atoms with E-state index in [9.17, 15) is 9.59 Å². The van der Waals surface area contributed by atoms with E-state index in [0.29, 0.717) is 6.54 Å². The van der Waals surface area contributed by atoms with Crippen molar-refractivity contribution in [2.24, 2.45) is 22.7 Å². The maximum Gasteiger partial charge on any atom is 0.234 e. The number of halogens is 1. The number of alkyl halides is 1. The number of amides is 2. The zero-order valence-electron chi connectivity index (χ0n) is 12.6. The van der Waals surface area contributed by atoms with Gasteiger partial charge in [-0.3, -0.25) is 14.5 Å². The Labute approximate surface area is 128 Å². The fourth-order valence-corrected chi connectivity index (χ4v) is 5.27. The summed E-state index contributed by atoms with van der Waals surface area (Å²) in [6.07, 6.45) is 1.78. The molecule has 1 aliphatic heterocycles. The Kier molecular flexibility index (Phi) is 2.99. The van der Waals surface area contributed by atoms with Gasteiger partial charge in [0, 0.05) is 22.7 Å². The molecule has 4 heteroatoms. The Morgan fingerprint density at radius 1 is 1.10 bits per heavy atom. The molecule has 0 aromatic carbocycles. The van der Waals surface area contributed by atoms with Crippen molar-refractivity contribution in [3.63, 3.8) is 0 Å². The van der Waals surface area contributed by atoms with E-state index in [1.165, 1.54) is 16.0 Å². The van der Waals surface area contributed by atoms with Gasteiger partial charge in [0.15, 0.2) is 0 Å². The summed E-state index contributed by atoms with van der Waals surface area (Å²) in [4.78, 5) is 27.0. The first-order valence-corrected chi connectivity index (χ1v) is 8.51. The van der Waals surface area contributed by atoms with Crippen LogP contribution in [0.3, 0.4) is 0 Å². The second-order valence-electron chi connectivity index (χ2n) is 7.09. The van der Waals surface area contributed by atoms with Crippen molar-refractivity contribution in [3.05, 3.63) is 11.1 Å². The standard InChI is InChI=1S/C16H22BrNO2/c1-9-10(2)16(4)8-15(9,3)11-12(16)14(20)18(13(11)19)7-5-6-17/h11-12H,5-8H2,1-4H3. The number of hydrogen-bond acceptors (Lipinski definition) is 2. The van der Waals surface area contributed by atoms with Crippen molar-refractivity contribution < 1.29 is 9.59 Å². The Bertz CT molecular complexity index is 499. The highest BCUT2D eigenvalue weighted by atomic mass is 79.9. The van der Waals surface area contributed by atoms with Gasteiger partial charge in [-0.15, -0.1) is 0 Å². The third-order valence-corrected chi connectivity index (χ3v) is 6.86. The number of carbonyl (C=O) groups excluding carboxylic acids is 2. The lowest BCUT2D eigenvalue weighted by Gasteiger charge is -2.34. The predicted molar refractivity (Wildman–Crippen MR) is 81.3 cm³/mol. The van der Waals surface area contributed by atoms with Gasteiger partial charge in [-0.1, -0.05) is 40.9 Å². The van der Waals surface area contributed by atoms with Crippen molar-refractivity contribution in [1.29, 1.82) is 0 Å². The number of fused-ring (bicyclic) bond motifs is 5. The molecule has 2 amide bonds. The Morgan fingerprint density at radius 3 is 1.95 bits per heavy atom. The molecule has 4 atom stereocenters. The number of likely N-dealkylation sites (tertiary alicyclic amines) is 1. The van der Waals surface area contributed by atoms with E-state index in [2.05, 4.69) is 43.6 Å². The molecule has 2 bridgehead atoms. The zero-order valence-corrected chi connectivity index (χ0v) is 14.2. The molecule has 110 valence electrons. The quantitative estimate of drug-likeness (QED) is 0.450. The smallest absolute Gasteiger partial charge is 0.234 e. The van der Waals surface area contributed by atoms with Gasteiger partial charge in [0.05, 0.1) is 11.8 Å². The second-order valence-corrected chi connectivity index (χ2v) is 7.88. The molecule has 0 N–H and O–H groups in total. The minimum absolute atomic E-state index is 0.0685. The number of allylic oxidation sites excluding steroid dienone is 2. The fraction of sp³-hybridized carbons (Fsp3) is 0.750. The summed E-state index contributed by atoms with van der Waals surface area (Å²) in [5.41, 5.74) is 2.45. The van der Waals surface area contributed by atoms with Crippen molar-refractivity contribution in [3.8, 4) is 0 Å². The highest BCUT2D eigenvalue weighted by molar-refractivity contribution is 9.09. The van der Waals surface area contributed by atoms with E-state index in [-0.39, 0.29) is 34.5 Å². The summed E-state index contributed by atoms with van der Waals surface area (Å²) >= 11 is 3.38. The molecular weight excluding hydrogens is 318 g/mol. The summed E-state index contributed by atoms with van der Waals surface area (Å²) in [5.74, 6) is -0.115. The lowest BCUT2D eigenvalue weighted by molar-refractivity contribution is -0.141. The van der Waals surface area contributed by atoms with Crippen LogP contribution in [0.4, 0.5) is 0 Å². The number of imide groups is 1. The normalized spacial score (nSPS) is 43.0. The van der Waals surface area contributed by atoms with Crippen LogP contribution in [0.2, 0.25) is 0 Å². The molecule has 3 nitrogen and oxygen atoms in total. The van der Waals surface area contributed by atoms with Crippen LogP contribution in [0.25, 0.3) is 0 Å². The van der Waals surface area contributed by atoms with E-state index >= 15 is 0 Å². The molecule has 4 unspecified atom stereocenters. The van der Waals surface area contributed by atoms with Gasteiger partial charge in [0.25, 0.3) is 0 Å². The Hall–Kier alpha value is -0.640. The molecule has 0 spiro atoms. The average molecular weight is 340 g/mol. The molecule has 1 saturated carbocycles. The average Bonchev–Trinajstić information content (AvgIpc) is 2.86. The molecule has 20 heavy (non-hydrogen) atoms. The van der Waals surface area contributed by atoms with Gasteiger partial charge in [0.2, 0.25) is 11.8 Å². The van der Waals surface area contributed by atoms with E-state index in [4.69, 9.17) is 0 Å². The molecular formula is C16H22BrNO2. The second kappa shape index (κ2) is 4.19. The van der Waals surface area contributed by atoms with Crippen molar-refractivity contribution in [1.82, 2.24) is 4.90 Å². The molecule has 0 aromatic rings. The van der Waals surface area contributed by atoms with Crippen LogP contribution in [0.15, 0.2) is 11.1 Å². The minimum Gasteiger partial charge on any atom is -0.282 e. The van der Waals surface area contributed by atoms with Crippen LogP contribution in [-0.4, -0.2) is 28.6 Å². The SMILES string of the molecule is CC1=C(C)C2(C)CC1(C)C1C(=O)N(CCCBr)C(=O)C12. The van der Waals surface area contributed by atoms with Crippen molar-refractivity contribution in [2.75, 3.05) is 11.9 Å². The molecule has 0 radical (unpaired) electrons. The van der Waals surface area contributed by atoms with Gasteiger partial charge >= 0.3 is 0 Å². The van der Waals surface area contributed by atoms with Gasteiger partial charge in [-0.25, -0.2) is 0 Å². The maximum absolute atomic E-state index is 12.8. The largest absolute Gasteiger partial charge is 0.282 e. The van der Waals surface area contributed by atoms with Crippen LogP contribution >= 0.6 is 15.9 Å². The van der Waals surface area contributed by atoms with Crippen LogP contribution < -0.4 is 0 Å². The Balaban J connectivity index is 2.03. The predicted octanol–water partition coefficient (Wildman–Crippen LogP) is 3.14. The van der Waals surface area contributed by atoms with Crippen LogP contribution in [-0.2, 0) is 9.59 Å². The summed E-state index contributed by atoms with van der Waals surface area (Å²) in [5, 5.41) is 0.824. The summed E-state index contributed by atoms with van der Waals surface area (Å²) in [6.45, 7) is 9.22. The highest BCUT2D eigenvalue weighted by Crippen LogP contribution is 2.71. The third-order valence-electron chi connectivity index (χ3n) is 6.30. The molecule has 2 fully saturated rings. The van der Waals surface area contributed by atoms with Crippen molar-refractivity contribution >= 4 is 27.7 Å². The number of nitrogens with zero attached hydrogens (tertiary/aromatic N) is 1. The summed E-state index contributed by atoms with van der Waals surface area (Å²) < 4.78 is 0. The number of carbonyl (C=O) groups is 2. The Morgan fingerprint density at radius 2 is 1.55 bits per heavy atom.